The Labute approximate surface area is 108 Å². The van der Waals surface area contributed by atoms with Crippen molar-refractivity contribution in [3.8, 4) is 6.07 Å². The Morgan fingerprint density at radius 3 is 2.26 bits per heavy atom. The molecule has 0 aromatic heterocycles. The van der Waals surface area contributed by atoms with Crippen LogP contribution in [0.2, 0.25) is 0 Å². The Hall–Kier alpha value is -1.75. The lowest BCUT2D eigenvalue weighted by atomic mass is 10.2. The molecule has 1 aromatic rings. The van der Waals surface area contributed by atoms with E-state index in [2.05, 4.69) is 4.72 Å². The lowest BCUT2D eigenvalue weighted by molar-refractivity contribution is -0.134. The second-order valence-corrected chi connectivity index (χ2v) is 5.67. The highest BCUT2D eigenvalue weighted by Gasteiger charge is 2.27. The highest BCUT2D eigenvalue weighted by atomic mass is 32.2. The Morgan fingerprint density at radius 2 is 1.79 bits per heavy atom. The predicted molar refractivity (Wildman–Crippen MR) is 63.9 cm³/mol. The van der Waals surface area contributed by atoms with Crippen LogP contribution >= 0.6 is 0 Å². The van der Waals surface area contributed by atoms with Crippen LogP contribution in [0.25, 0.3) is 0 Å². The summed E-state index contributed by atoms with van der Waals surface area (Å²) in [7, 11) is -3.81. The van der Waals surface area contributed by atoms with Gasteiger partial charge in [-0.15, -0.1) is 0 Å². The summed E-state index contributed by atoms with van der Waals surface area (Å²) < 4.78 is 60.8. The SMILES string of the molecule is N#Cc1ccc(NS(=O)(=O)CCCC(F)(F)F)cc1. The standard InChI is InChI=1S/C11H11F3N2O2S/c12-11(13,14)6-1-7-19(17,18)16-10-4-2-9(8-15)3-5-10/h2-5,16H,1,6-7H2. The molecule has 0 aliphatic rings. The number of halogens is 3. The highest BCUT2D eigenvalue weighted by molar-refractivity contribution is 7.92. The monoisotopic (exact) mass is 292 g/mol. The number of hydrogen-bond acceptors (Lipinski definition) is 3. The molecule has 0 bridgehead atoms. The molecule has 0 fully saturated rings. The van der Waals surface area contributed by atoms with E-state index in [1.54, 1.807) is 0 Å². The molecule has 1 aromatic carbocycles. The molecule has 1 rings (SSSR count). The molecule has 0 atom stereocenters. The van der Waals surface area contributed by atoms with Crippen LogP contribution in [-0.2, 0) is 10.0 Å². The third-order valence-corrected chi connectivity index (χ3v) is 3.53. The molecule has 0 unspecified atom stereocenters. The van der Waals surface area contributed by atoms with E-state index in [0.717, 1.165) is 0 Å². The topological polar surface area (TPSA) is 70.0 Å². The van der Waals surface area contributed by atoms with Crippen molar-refractivity contribution in [2.75, 3.05) is 10.5 Å². The Balaban J connectivity index is 2.57. The van der Waals surface area contributed by atoms with Gasteiger partial charge in [-0.25, -0.2) is 8.42 Å². The number of nitrogens with one attached hydrogen (secondary N) is 1. The Bertz CT molecular complexity index is 559. The van der Waals surface area contributed by atoms with Crippen molar-refractivity contribution in [2.24, 2.45) is 0 Å². The van der Waals surface area contributed by atoms with Crippen molar-refractivity contribution in [1.29, 1.82) is 5.26 Å². The summed E-state index contributed by atoms with van der Waals surface area (Å²) >= 11 is 0. The van der Waals surface area contributed by atoms with Crippen molar-refractivity contribution >= 4 is 15.7 Å². The normalized spacial score (nSPS) is 11.9. The van der Waals surface area contributed by atoms with Gasteiger partial charge in [-0.2, -0.15) is 18.4 Å². The third-order valence-electron chi connectivity index (χ3n) is 2.16. The van der Waals surface area contributed by atoms with Crippen molar-refractivity contribution in [3.05, 3.63) is 29.8 Å². The first-order valence-electron chi connectivity index (χ1n) is 5.29. The van der Waals surface area contributed by atoms with E-state index in [1.165, 1.54) is 24.3 Å². The zero-order valence-corrected chi connectivity index (χ0v) is 10.6. The summed E-state index contributed by atoms with van der Waals surface area (Å²) in [5.74, 6) is -0.605. The minimum Gasteiger partial charge on any atom is -0.284 e. The smallest absolute Gasteiger partial charge is 0.284 e. The molecule has 0 aliphatic heterocycles. The lowest BCUT2D eigenvalue weighted by Crippen LogP contribution is -2.18. The number of rotatable bonds is 5. The quantitative estimate of drug-likeness (QED) is 0.907. The minimum absolute atomic E-state index is 0.214. The Morgan fingerprint density at radius 1 is 1.21 bits per heavy atom. The van der Waals surface area contributed by atoms with E-state index in [4.69, 9.17) is 5.26 Å². The fourth-order valence-corrected chi connectivity index (χ4v) is 2.43. The molecule has 0 spiro atoms. The summed E-state index contributed by atoms with van der Waals surface area (Å²) in [5, 5.41) is 8.56. The molecule has 0 heterocycles. The molecule has 4 nitrogen and oxygen atoms in total. The maximum atomic E-state index is 11.9. The largest absolute Gasteiger partial charge is 0.389 e. The summed E-state index contributed by atoms with van der Waals surface area (Å²) in [5.41, 5.74) is 0.575. The molecule has 19 heavy (non-hydrogen) atoms. The molecule has 0 saturated carbocycles. The van der Waals surface area contributed by atoms with Crippen LogP contribution in [0, 0.1) is 11.3 Å². The Kier molecular flexibility index (Phi) is 4.78. The zero-order chi connectivity index (χ0) is 14.5. The molecule has 0 saturated heterocycles. The number of nitrogens with zero attached hydrogens (tertiary/aromatic N) is 1. The van der Waals surface area contributed by atoms with Gasteiger partial charge in [0.25, 0.3) is 0 Å². The van der Waals surface area contributed by atoms with E-state index in [9.17, 15) is 21.6 Å². The molecular weight excluding hydrogens is 281 g/mol. The second-order valence-electron chi connectivity index (χ2n) is 3.83. The zero-order valence-electron chi connectivity index (χ0n) is 9.74. The average molecular weight is 292 g/mol. The van der Waals surface area contributed by atoms with Gasteiger partial charge in [-0.3, -0.25) is 4.72 Å². The van der Waals surface area contributed by atoms with Crippen LogP contribution in [0.5, 0.6) is 0 Å². The number of nitriles is 1. The predicted octanol–water partition coefficient (Wildman–Crippen LogP) is 2.64. The van der Waals surface area contributed by atoms with Crippen LogP contribution < -0.4 is 4.72 Å². The fraction of sp³-hybridized carbons (Fsp3) is 0.364. The van der Waals surface area contributed by atoms with Crippen LogP contribution in [-0.4, -0.2) is 20.3 Å². The van der Waals surface area contributed by atoms with Gasteiger partial charge in [-0.05, 0) is 30.7 Å². The molecule has 0 radical (unpaired) electrons. The summed E-state index contributed by atoms with van der Waals surface area (Å²) in [6.07, 6.45) is -5.99. The average Bonchev–Trinajstić information content (AvgIpc) is 2.27. The number of anilines is 1. The molecule has 104 valence electrons. The number of alkyl halides is 3. The van der Waals surface area contributed by atoms with E-state index < -0.39 is 34.8 Å². The number of sulfonamides is 1. The molecular formula is C11H11F3N2O2S. The van der Waals surface area contributed by atoms with Gasteiger partial charge in [0.2, 0.25) is 10.0 Å². The van der Waals surface area contributed by atoms with Gasteiger partial charge >= 0.3 is 6.18 Å². The minimum atomic E-state index is -4.36. The van der Waals surface area contributed by atoms with Crippen molar-refractivity contribution in [3.63, 3.8) is 0 Å². The van der Waals surface area contributed by atoms with Gasteiger partial charge in [-0.1, -0.05) is 0 Å². The highest BCUT2D eigenvalue weighted by Crippen LogP contribution is 2.22. The lowest BCUT2D eigenvalue weighted by Gasteiger charge is -2.09. The van der Waals surface area contributed by atoms with Gasteiger partial charge < -0.3 is 0 Å². The first-order valence-corrected chi connectivity index (χ1v) is 6.94. The number of benzene rings is 1. The first kappa shape index (κ1) is 15.3. The number of hydrogen-bond donors (Lipinski definition) is 1. The van der Waals surface area contributed by atoms with E-state index in [0.29, 0.717) is 5.56 Å². The van der Waals surface area contributed by atoms with Crippen LogP contribution in [0.4, 0.5) is 18.9 Å². The maximum Gasteiger partial charge on any atom is 0.389 e. The van der Waals surface area contributed by atoms with Crippen LogP contribution in [0.15, 0.2) is 24.3 Å². The van der Waals surface area contributed by atoms with Crippen LogP contribution in [0.1, 0.15) is 18.4 Å². The fourth-order valence-electron chi connectivity index (χ4n) is 1.31. The first-order chi connectivity index (χ1) is 8.72. The molecule has 1 N–H and O–H groups in total. The van der Waals surface area contributed by atoms with Crippen LogP contribution in [0.3, 0.4) is 0 Å². The second kappa shape index (κ2) is 5.93. The summed E-state index contributed by atoms with van der Waals surface area (Å²) in [6.45, 7) is 0. The van der Waals surface area contributed by atoms with E-state index in [-0.39, 0.29) is 5.69 Å². The van der Waals surface area contributed by atoms with Crippen molar-refractivity contribution < 1.29 is 21.6 Å². The molecule has 0 aliphatic carbocycles. The maximum absolute atomic E-state index is 11.9. The molecule has 0 amide bonds. The van der Waals surface area contributed by atoms with E-state index >= 15 is 0 Å². The van der Waals surface area contributed by atoms with Crippen molar-refractivity contribution in [1.82, 2.24) is 0 Å². The molecule has 8 heteroatoms. The van der Waals surface area contributed by atoms with Gasteiger partial charge in [0.05, 0.1) is 17.4 Å². The van der Waals surface area contributed by atoms with Gasteiger partial charge in [0, 0.05) is 12.1 Å². The summed E-state index contributed by atoms with van der Waals surface area (Å²) in [4.78, 5) is 0. The third kappa shape index (κ3) is 6.10. The summed E-state index contributed by atoms with van der Waals surface area (Å²) in [6, 6.07) is 7.44. The van der Waals surface area contributed by atoms with Gasteiger partial charge in [0.1, 0.15) is 0 Å². The van der Waals surface area contributed by atoms with E-state index in [1.807, 2.05) is 6.07 Å². The van der Waals surface area contributed by atoms with Gasteiger partial charge in [0.15, 0.2) is 0 Å². The van der Waals surface area contributed by atoms with Crippen molar-refractivity contribution in [2.45, 2.75) is 19.0 Å².